The largest absolute Gasteiger partial charge is 4.00 e. The van der Waals surface area contributed by atoms with Gasteiger partial charge in [0.25, 0.3) is 0 Å². The summed E-state index contributed by atoms with van der Waals surface area (Å²) < 4.78 is 0. The molecule has 0 N–H and O–H groups in total. The summed E-state index contributed by atoms with van der Waals surface area (Å²) in [4.78, 5) is 0. The zero-order valence-electron chi connectivity index (χ0n) is 11.0. The quantitative estimate of drug-likeness (QED) is 0.361. The first kappa shape index (κ1) is 23.2. The minimum Gasteiger partial charge on any atom is -1.00 e. The summed E-state index contributed by atoms with van der Waals surface area (Å²) in [5.41, 5.74) is 2.59. The van der Waals surface area contributed by atoms with Crippen molar-refractivity contribution in [2.75, 3.05) is 0 Å². The van der Waals surface area contributed by atoms with E-state index in [0.717, 1.165) is 0 Å². The molecule has 1 atom stereocenters. The fourth-order valence-electron chi connectivity index (χ4n) is 1.88. The molecule has 0 aliphatic rings. The van der Waals surface area contributed by atoms with E-state index in [1.807, 2.05) is 6.07 Å². The molecule has 0 fully saturated rings. The van der Waals surface area contributed by atoms with Gasteiger partial charge in [-0.2, -0.15) is 12.1 Å². The molecule has 106 valence electrons. The van der Waals surface area contributed by atoms with Gasteiger partial charge in [-0.1, -0.05) is 59.4 Å². The van der Waals surface area contributed by atoms with Crippen molar-refractivity contribution in [3.63, 3.8) is 0 Å². The van der Waals surface area contributed by atoms with E-state index in [4.69, 9.17) is 0 Å². The van der Waals surface area contributed by atoms with E-state index in [-0.39, 0.29) is 63.4 Å². The van der Waals surface area contributed by atoms with E-state index in [1.54, 1.807) is 0 Å². The van der Waals surface area contributed by atoms with Crippen molar-refractivity contribution in [2.24, 2.45) is 0 Å². The number of halogens is 3. The summed E-state index contributed by atoms with van der Waals surface area (Å²) in [6.07, 6.45) is 0. The van der Waals surface area contributed by atoms with Crippen molar-refractivity contribution >= 4 is 8.19 Å². The van der Waals surface area contributed by atoms with Crippen molar-refractivity contribution in [1.82, 2.24) is 0 Å². The SMILES string of the molecule is [Cl-].[Cl-].[Cl-].[Zr+4].[c-]1cc(-c2ccccc2)[pH]c1-c1ccccc1. The number of benzene rings is 2. The van der Waals surface area contributed by atoms with E-state index in [2.05, 4.69) is 66.7 Å². The van der Waals surface area contributed by atoms with Crippen LogP contribution in [0.5, 0.6) is 0 Å². The molecule has 0 saturated carbocycles. The first-order valence-electron chi connectivity index (χ1n) is 5.65. The Labute approximate surface area is 165 Å². The third-order valence-corrected chi connectivity index (χ3v) is 4.15. The minimum absolute atomic E-state index is 0. The third kappa shape index (κ3) is 5.93. The molecule has 3 rings (SSSR count). The summed E-state index contributed by atoms with van der Waals surface area (Å²) >= 11 is 0. The van der Waals surface area contributed by atoms with Crippen molar-refractivity contribution in [3.05, 3.63) is 72.8 Å². The van der Waals surface area contributed by atoms with Crippen LogP contribution < -0.4 is 37.2 Å². The molecule has 0 amide bonds. The molecule has 1 aromatic heterocycles. The molecule has 5 heteroatoms. The number of hydrogen-bond donors (Lipinski definition) is 0. The molecule has 3 aromatic rings. The van der Waals surface area contributed by atoms with Gasteiger partial charge in [-0.3, -0.25) is 0 Å². The Morgan fingerprint density at radius 2 is 1.14 bits per heavy atom. The molecule has 1 unspecified atom stereocenters. The molecule has 21 heavy (non-hydrogen) atoms. The Balaban J connectivity index is 0. The molecule has 0 spiro atoms. The van der Waals surface area contributed by atoms with Crippen LogP contribution in [0.3, 0.4) is 0 Å². The average Bonchev–Trinajstić information content (AvgIpc) is 2.90. The maximum absolute atomic E-state index is 3.39. The predicted octanol–water partition coefficient (Wildman–Crippen LogP) is -4.14. The fraction of sp³-hybridized carbons (Fsp3) is 0. The van der Waals surface area contributed by atoms with Gasteiger partial charge in [-0.15, -0.1) is 23.0 Å². The van der Waals surface area contributed by atoms with Crippen LogP contribution in [0.2, 0.25) is 0 Å². The van der Waals surface area contributed by atoms with Gasteiger partial charge in [0.05, 0.1) is 0 Å². The first-order chi connectivity index (χ1) is 8.43. The third-order valence-electron chi connectivity index (χ3n) is 2.77. The summed E-state index contributed by atoms with van der Waals surface area (Å²) in [7, 11) is 0.712. The van der Waals surface area contributed by atoms with Crippen molar-refractivity contribution in [3.8, 4) is 21.7 Å². The molecular formula is C16H12Cl3PZr. The summed E-state index contributed by atoms with van der Waals surface area (Å²) in [6, 6.07) is 26.6. The van der Waals surface area contributed by atoms with Gasteiger partial charge in [0.2, 0.25) is 0 Å². The van der Waals surface area contributed by atoms with Crippen LogP contribution in [-0.4, -0.2) is 0 Å². The Hall–Kier alpha value is -0.0269. The topological polar surface area (TPSA) is 0 Å². The number of hydrogen-bond acceptors (Lipinski definition) is 0. The van der Waals surface area contributed by atoms with Crippen LogP contribution in [0.4, 0.5) is 0 Å². The van der Waals surface area contributed by atoms with Crippen LogP contribution in [0.15, 0.2) is 66.7 Å². The second kappa shape index (κ2) is 11.5. The van der Waals surface area contributed by atoms with Crippen LogP contribution in [0.25, 0.3) is 21.7 Å². The normalized spacial score (nSPS) is 8.76. The molecule has 0 saturated heterocycles. The average molecular weight is 433 g/mol. The van der Waals surface area contributed by atoms with E-state index in [0.29, 0.717) is 8.19 Å². The van der Waals surface area contributed by atoms with E-state index < -0.39 is 0 Å². The van der Waals surface area contributed by atoms with Gasteiger partial charge >= 0.3 is 26.2 Å². The van der Waals surface area contributed by atoms with Crippen molar-refractivity contribution < 1.29 is 63.4 Å². The zero-order valence-corrected chi connectivity index (χ0v) is 16.7. The molecule has 0 nitrogen and oxygen atoms in total. The van der Waals surface area contributed by atoms with Gasteiger partial charge in [-0.25, -0.2) is 8.19 Å². The Morgan fingerprint density at radius 1 is 0.667 bits per heavy atom. The molecular weight excluding hydrogens is 421 g/mol. The van der Waals surface area contributed by atoms with Gasteiger partial charge in [0.15, 0.2) is 0 Å². The van der Waals surface area contributed by atoms with Crippen LogP contribution >= 0.6 is 8.19 Å². The van der Waals surface area contributed by atoms with Gasteiger partial charge in [0, 0.05) is 0 Å². The standard InChI is InChI=1S/C16H12P.3ClH.Zr/c1-3-7-13(8-4-1)15-11-12-16(17-15)14-9-5-2-6-10-14;;;;/h1-11,17H;3*1H;/q-1;;;;+4/p-3. The van der Waals surface area contributed by atoms with E-state index >= 15 is 0 Å². The smallest absolute Gasteiger partial charge is 1.00 e. The predicted molar refractivity (Wildman–Crippen MR) is 75.7 cm³/mol. The maximum Gasteiger partial charge on any atom is 4.00 e. The Kier molecular flexibility index (Phi) is 12.8. The van der Waals surface area contributed by atoms with Gasteiger partial charge in [0.1, 0.15) is 0 Å². The maximum atomic E-state index is 3.39. The van der Waals surface area contributed by atoms with Crippen LogP contribution in [-0.2, 0) is 26.2 Å². The number of rotatable bonds is 2. The molecule has 0 bridgehead atoms. The minimum atomic E-state index is 0. The van der Waals surface area contributed by atoms with Crippen molar-refractivity contribution in [1.29, 1.82) is 0 Å². The second-order valence-corrected chi connectivity index (χ2v) is 5.22. The Morgan fingerprint density at radius 3 is 1.67 bits per heavy atom. The summed E-state index contributed by atoms with van der Waals surface area (Å²) in [6.45, 7) is 0. The van der Waals surface area contributed by atoms with Gasteiger partial charge in [-0.05, 0) is 0 Å². The molecule has 1 heterocycles. The molecule has 0 radical (unpaired) electrons. The van der Waals surface area contributed by atoms with Crippen LogP contribution in [0, 0.1) is 6.07 Å². The zero-order chi connectivity index (χ0) is 11.5. The summed E-state index contributed by atoms with van der Waals surface area (Å²) in [5.74, 6) is 0. The van der Waals surface area contributed by atoms with Crippen molar-refractivity contribution in [2.45, 2.75) is 0 Å². The van der Waals surface area contributed by atoms with Gasteiger partial charge < -0.3 is 37.2 Å². The van der Waals surface area contributed by atoms with Crippen LogP contribution in [0.1, 0.15) is 0 Å². The first-order valence-corrected chi connectivity index (χ1v) is 6.65. The van der Waals surface area contributed by atoms with E-state index in [1.165, 1.54) is 21.7 Å². The Bertz CT molecular complexity index is 558. The molecule has 0 aliphatic heterocycles. The second-order valence-electron chi connectivity index (χ2n) is 3.93. The molecule has 0 aliphatic carbocycles. The monoisotopic (exact) mass is 430 g/mol. The fourth-order valence-corrected chi connectivity index (χ4v) is 3.06. The van der Waals surface area contributed by atoms with E-state index in [9.17, 15) is 0 Å². The molecule has 2 aromatic carbocycles. The summed E-state index contributed by atoms with van der Waals surface area (Å²) in [5, 5.41) is 2.69.